The van der Waals surface area contributed by atoms with Crippen molar-refractivity contribution in [1.29, 1.82) is 0 Å². The highest BCUT2D eigenvalue weighted by molar-refractivity contribution is 8.02. The summed E-state index contributed by atoms with van der Waals surface area (Å²) in [4.78, 5) is 8.21. The zero-order valence-corrected chi connectivity index (χ0v) is 6.14. The summed E-state index contributed by atoms with van der Waals surface area (Å²) in [5.41, 5.74) is 2.30. The van der Waals surface area contributed by atoms with Crippen LogP contribution in [0.15, 0.2) is 32.9 Å². The van der Waals surface area contributed by atoms with Crippen LogP contribution in [0, 0.1) is 0 Å². The van der Waals surface area contributed by atoms with Crippen LogP contribution in [0.3, 0.4) is 0 Å². The minimum atomic E-state index is 1.02. The highest BCUT2D eigenvalue weighted by Gasteiger charge is 2.10. The largest absolute Gasteiger partial charge is 0.263 e. The van der Waals surface area contributed by atoms with Gasteiger partial charge in [0.2, 0.25) is 0 Å². The highest BCUT2D eigenvalue weighted by atomic mass is 32.2. The van der Waals surface area contributed by atoms with Crippen molar-refractivity contribution in [3.05, 3.63) is 22.9 Å². The van der Waals surface area contributed by atoms with Gasteiger partial charge in [-0.25, -0.2) is 0 Å². The Morgan fingerprint density at radius 1 is 1.40 bits per heavy atom. The maximum atomic E-state index is 4.18. The average molecular weight is 150 g/mol. The monoisotopic (exact) mass is 150 g/mol. The number of aliphatic imine (C=N–C) groups is 2. The Morgan fingerprint density at radius 3 is 3.40 bits per heavy atom. The van der Waals surface area contributed by atoms with Gasteiger partial charge in [-0.1, -0.05) is 0 Å². The molecule has 2 aliphatic heterocycles. The van der Waals surface area contributed by atoms with Crippen LogP contribution < -0.4 is 0 Å². The van der Waals surface area contributed by atoms with Crippen LogP contribution in [-0.4, -0.2) is 18.2 Å². The number of nitrogens with zero attached hydrogens (tertiary/aromatic N) is 2. The Kier molecular flexibility index (Phi) is 1.43. The molecule has 0 saturated heterocycles. The molecule has 0 spiro atoms. The van der Waals surface area contributed by atoms with Crippen molar-refractivity contribution in [3.63, 3.8) is 0 Å². The van der Waals surface area contributed by atoms with Gasteiger partial charge in [-0.05, 0) is 5.41 Å². The van der Waals surface area contributed by atoms with E-state index in [1.165, 1.54) is 5.57 Å². The summed E-state index contributed by atoms with van der Waals surface area (Å²) in [6, 6.07) is 0. The predicted octanol–water partition coefficient (Wildman–Crippen LogP) is 1.61. The summed E-state index contributed by atoms with van der Waals surface area (Å²) >= 11 is 1.77. The molecular formula is C7H6N2S. The van der Waals surface area contributed by atoms with Gasteiger partial charge in [0.05, 0.1) is 5.70 Å². The number of thioether (sulfide) groups is 1. The van der Waals surface area contributed by atoms with Crippen LogP contribution in [0.1, 0.15) is 0 Å². The molecule has 0 radical (unpaired) electrons. The predicted molar refractivity (Wildman–Crippen MR) is 45.6 cm³/mol. The lowest BCUT2D eigenvalue weighted by molar-refractivity contribution is 1.32. The highest BCUT2D eigenvalue weighted by Crippen LogP contribution is 2.28. The average Bonchev–Trinajstić information content (AvgIpc) is 2.28. The zero-order chi connectivity index (χ0) is 6.81. The molecule has 0 unspecified atom stereocenters. The standard InChI is InChI=1S/C7H6N2S/c1-2-9-7-5-10-4-6(7)3-8-1/h1-3,5H,4H2. The normalized spacial score (nSPS) is 21.6. The summed E-state index contributed by atoms with van der Waals surface area (Å²) in [5.74, 6) is 1.02. The SMILES string of the molecule is C1=NC=C2CSC=C2N=C1. The van der Waals surface area contributed by atoms with Gasteiger partial charge < -0.3 is 0 Å². The van der Waals surface area contributed by atoms with Crippen LogP contribution in [-0.2, 0) is 0 Å². The summed E-state index contributed by atoms with van der Waals surface area (Å²) in [5, 5.41) is 2.07. The number of hydrogen-bond acceptors (Lipinski definition) is 3. The fourth-order valence-corrected chi connectivity index (χ4v) is 1.72. The molecule has 0 N–H and O–H groups in total. The van der Waals surface area contributed by atoms with Crippen LogP contribution in [0.5, 0.6) is 0 Å². The smallest absolute Gasteiger partial charge is 0.0749 e. The lowest BCUT2D eigenvalue weighted by atomic mass is 10.3. The first-order valence-corrected chi connectivity index (χ1v) is 4.09. The Balaban J connectivity index is 2.42. The van der Waals surface area contributed by atoms with E-state index in [1.54, 1.807) is 24.2 Å². The number of fused-ring (bicyclic) bond motifs is 1. The van der Waals surface area contributed by atoms with Gasteiger partial charge in [0.25, 0.3) is 0 Å². The van der Waals surface area contributed by atoms with Crippen molar-refractivity contribution in [1.82, 2.24) is 0 Å². The molecule has 0 fully saturated rings. The third kappa shape index (κ3) is 0.926. The van der Waals surface area contributed by atoms with Gasteiger partial charge in [0.1, 0.15) is 0 Å². The topological polar surface area (TPSA) is 24.7 Å². The van der Waals surface area contributed by atoms with E-state index in [9.17, 15) is 0 Å². The van der Waals surface area contributed by atoms with E-state index in [2.05, 4.69) is 15.4 Å². The van der Waals surface area contributed by atoms with Crippen LogP contribution in [0.25, 0.3) is 0 Å². The van der Waals surface area contributed by atoms with E-state index in [0.717, 1.165) is 11.4 Å². The van der Waals surface area contributed by atoms with E-state index in [-0.39, 0.29) is 0 Å². The van der Waals surface area contributed by atoms with Crippen molar-refractivity contribution >= 4 is 24.2 Å². The molecule has 0 atom stereocenters. The van der Waals surface area contributed by atoms with Gasteiger partial charge in [-0.2, -0.15) is 0 Å². The van der Waals surface area contributed by atoms with Crippen molar-refractivity contribution in [2.24, 2.45) is 9.98 Å². The van der Waals surface area contributed by atoms with E-state index < -0.39 is 0 Å². The van der Waals surface area contributed by atoms with Gasteiger partial charge in [0.15, 0.2) is 0 Å². The van der Waals surface area contributed by atoms with Crippen LogP contribution in [0.4, 0.5) is 0 Å². The lowest BCUT2D eigenvalue weighted by Gasteiger charge is -1.91. The first kappa shape index (κ1) is 5.92. The van der Waals surface area contributed by atoms with Gasteiger partial charge >= 0.3 is 0 Å². The molecule has 2 heterocycles. The Labute approximate surface area is 63.5 Å². The zero-order valence-electron chi connectivity index (χ0n) is 5.32. The summed E-state index contributed by atoms with van der Waals surface area (Å²) in [6.45, 7) is 0. The molecule has 0 aliphatic carbocycles. The first-order valence-electron chi connectivity index (χ1n) is 3.04. The molecule has 0 bridgehead atoms. The van der Waals surface area contributed by atoms with E-state index in [0.29, 0.717) is 0 Å². The fraction of sp³-hybridized carbons (Fsp3) is 0.143. The molecule has 10 heavy (non-hydrogen) atoms. The number of hydrogen-bond donors (Lipinski definition) is 0. The van der Waals surface area contributed by atoms with Crippen LogP contribution in [0.2, 0.25) is 0 Å². The Morgan fingerprint density at radius 2 is 2.40 bits per heavy atom. The van der Waals surface area contributed by atoms with Gasteiger partial charge in [-0.15, -0.1) is 11.8 Å². The van der Waals surface area contributed by atoms with Crippen molar-refractivity contribution in [2.75, 3.05) is 5.75 Å². The molecule has 0 amide bonds. The first-order chi connectivity index (χ1) is 4.97. The molecular weight excluding hydrogens is 144 g/mol. The number of allylic oxidation sites excluding steroid dienone is 1. The van der Waals surface area contributed by atoms with Crippen molar-refractivity contribution in [2.45, 2.75) is 0 Å². The third-order valence-electron chi connectivity index (χ3n) is 1.36. The minimum absolute atomic E-state index is 1.02. The fourth-order valence-electron chi connectivity index (χ4n) is 0.862. The second-order valence-corrected chi connectivity index (χ2v) is 2.90. The van der Waals surface area contributed by atoms with Crippen molar-refractivity contribution < 1.29 is 0 Å². The van der Waals surface area contributed by atoms with E-state index in [1.807, 2.05) is 6.20 Å². The summed E-state index contributed by atoms with van der Waals surface area (Å²) in [6.07, 6.45) is 5.30. The minimum Gasteiger partial charge on any atom is -0.263 e. The third-order valence-corrected chi connectivity index (χ3v) is 2.23. The van der Waals surface area contributed by atoms with Crippen molar-refractivity contribution in [3.8, 4) is 0 Å². The van der Waals surface area contributed by atoms with Crippen LogP contribution >= 0.6 is 11.8 Å². The molecule has 2 nitrogen and oxygen atoms in total. The number of rotatable bonds is 0. The molecule has 3 heteroatoms. The molecule has 50 valence electrons. The summed E-state index contributed by atoms with van der Waals surface area (Å²) in [7, 11) is 0. The summed E-state index contributed by atoms with van der Waals surface area (Å²) < 4.78 is 0. The quantitative estimate of drug-likeness (QED) is 0.515. The molecule has 0 saturated carbocycles. The lowest BCUT2D eigenvalue weighted by Crippen LogP contribution is -1.80. The Bertz CT molecular complexity index is 261. The second kappa shape index (κ2) is 2.42. The van der Waals surface area contributed by atoms with E-state index in [4.69, 9.17) is 0 Å². The second-order valence-electron chi connectivity index (χ2n) is 2.04. The van der Waals surface area contributed by atoms with Gasteiger partial charge in [-0.3, -0.25) is 9.98 Å². The maximum Gasteiger partial charge on any atom is 0.0749 e. The molecule has 0 aromatic carbocycles. The molecule has 2 aliphatic rings. The molecule has 0 aromatic heterocycles. The maximum absolute atomic E-state index is 4.18. The van der Waals surface area contributed by atoms with Gasteiger partial charge in [0, 0.05) is 30.0 Å². The Hall–Kier alpha value is -0.830. The molecule has 0 aromatic rings. The molecule has 2 rings (SSSR count). The van der Waals surface area contributed by atoms with E-state index >= 15 is 0 Å².